The van der Waals surface area contributed by atoms with Gasteiger partial charge in [-0.2, -0.15) is 0 Å². The Morgan fingerprint density at radius 2 is 1.93 bits per heavy atom. The molecule has 1 amide bonds. The van der Waals surface area contributed by atoms with Crippen molar-refractivity contribution in [1.29, 1.82) is 0 Å². The van der Waals surface area contributed by atoms with Gasteiger partial charge in [0.2, 0.25) is 0 Å². The number of carbonyl (C=O) groups is 1. The van der Waals surface area contributed by atoms with E-state index in [-0.39, 0.29) is 17.0 Å². The highest BCUT2D eigenvalue weighted by Gasteiger charge is 2.27. The summed E-state index contributed by atoms with van der Waals surface area (Å²) >= 11 is 0. The van der Waals surface area contributed by atoms with E-state index in [1.165, 1.54) is 18.3 Å². The van der Waals surface area contributed by atoms with Crippen LogP contribution in [0.25, 0.3) is 5.57 Å². The van der Waals surface area contributed by atoms with E-state index >= 15 is 0 Å². The van der Waals surface area contributed by atoms with Gasteiger partial charge in [-0.05, 0) is 50.3 Å². The molecular formula is C21H22F2N4O. The lowest BCUT2D eigenvalue weighted by molar-refractivity contribution is -0.110. The summed E-state index contributed by atoms with van der Waals surface area (Å²) in [7, 11) is 2.07. The maximum absolute atomic E-state index is 14.7. The van der Waals surface area contributed by atoms with Gasteiger partial charge in [0.05, 0.1) is 16.9 Å². The number of fused-ring (bicyclic) bond motifs is 1. The highest BCUT2D eigenvalue weighted by atomic mass is 19.1. The summed E-state index contributed by atoms with van der Waals surface area (Å²) in [5, 5.41) is 5.54. The molecule has 2 aliphatic heterocycles. The fraction of sp³-hybridized carbons (Fsp3) is 0.286. The molecule has 0 bridgehead atoms. The van der Waals surface area contributed by atoms with Crippen LogP contribution in [0.1, 0.15) is 12.0 Å². The lowest BCUT2D eigenvalue weighted by atomic mass is 10.1. The van der Waals surface area contributed by atoms with Gasteiger partial charge in [-0.1, -0.05) is 6.07 Å². The average molecular weight is 384 g/mol. The van der Waals surface area contributed by atoms with Crippen LogP contribution in [-0.2, 0) is 4.79 Å². The van der Waals surface area contributed by atoms with Crippen LogP contribution < -0.4 is 15.5 Å². The minimum atomic E-state index is -0.475. The summed E-state index contributed by atoms with van der Waals surface area (Å²) in [4.78, 5) is 16.4. The maximum atomic E-state index is 14.7. The molecule has 0 spiro atoms. The maximum Gasteiger partial charge on any atom is 0.257 e. The third-order valence-corrected chi connectivity index (χ3v) is 5.17. The van der Waals surface area contributed by atoms with E-state index in [1.54, 1.807) is 24.3 Å². The molecule has 2 aromatic rings. The molecular weight excluding hydrogens is 362 g/mol. The van der Waals surface area contributed by atoms with Crippen molar-refractivity contribution in [2.24, 2.45) is 0 Å². The van der Waals surface area contributed by atoms with Crippen molar-refractivity contribution in [3.8, 4) is 0 Å². The first kappa shape index (κ1) is 18.4. The van der Waals surface area contributed by atoms with E-state index < -0.39 is 11.7 Å². The molecule has 0 radical (unpaired) electrons. The van der Waals surface area contributed by atoms with Crippen molar-refractivity contribution in [2.45, 2.75) is 6.42 Å². The zero-order valence-corrected chi connectivity index (χ0v) is 15.6. The first-order valence-corrected chi connectivity index (χ1v) is 9.33. The van der Waals surface area contributed by atoms with E-state index in [2.05, 4.69) is 27.5 Å². The molecule has 1 saturated heterocycles. The summed E-state index contributed by atoms with van der Waals surface area (Å²) < 4.78 is 28.8. The van der Waals surface area contributed by atoms with Gasteiger partial charge in [-0.15, -0.1) is 0 Å². The number of anilines is 3. The molecule has 2 heterocycles. The number of rotatable bonds is 3. The Morgan fingerprint density at radius 1 is 1.07 bits per heavy atom. The second-order valence-corrected chi connectivity index (χ2v) is 7.13. The fourth-order valence-corrected chi connectivity index (χ4v) is 3.64. The zero-order valence-electron chi connectivity index (χ0n) is 15.6. The third kappa shape index (κ3) is 3.57. The van der Waals surface area contributed by atoms with Gasteiger partial charge in [0.15, 0.2) is 0 Å². The molecule has 5 nitrogen and oxygen atoms in total. The minimum Gasteiger partial charge on any atom is -0.368 e. The number of hydrogen-bond donors (Lipinski definition) is 2. The number of carbonyl (C=O) groups excluding carboxylic acids is 1. The van der Waals surface area contributed by atoms with Crippen LogP contribution in [0.2, 0.25) is 0 Å². The average Bonchev–Trinajstić information content (AvgIpc) is 2.84. The Morgan fingerprint density at radius 3 is 2.75 bits per heavy atom. The Labute approximate surface area is 162 Å². The van der Waals surface area contributed by atoms with E-state index in [0.717, 1.165) is 32.6 Å². The molecule has 28 heavy (non-hydrogen) atoms. The SMILES string of the molecule is CN1CCCN(c2ccc(NC=C3C(=O)Nc4cccc(F)c43)cc2F)CC1. The first-order valence-electron chi connectivity index (χ1n) is 9.33. The number of likely N-dealkylation sites (N-methyl/N-ethyl adjacent to an activating group) is 1. The van der Waals surface area contributed by atoms with E-state index in [0.29, 0.717) is 17.1 Å². The second kappa shape index (κ2) is 7.59. The molecule has 2 aliphatic rings. The summed E-state index contributed by atoms with van der Waals surface area (Å²) in [5.74, 6) is -1.19. The number of hydrogen-bond acceptors (Lipinski definition) is 4. The van der Waals surface area contributed by atoms with Crippen LogP contribution >= 0.6 is 0 Å². The molecule has 7 heteroatoms. The monoisotopic (exact) mass is 384 g/mol. The number of amides is 1. The van der Waals surface area contributed by atoms with Gasteiger partial charge in [-0.3, -0.25) is 4.79 Å². The Balaban J connectivity index is 1.53. The van der Waals surface area contributed by atoms with Gasteiger partial charge in [0.25, 0.3) is 5.91 Å². The summed E-state index contributed by atoms with van der Waals surface area (Å²) in [6.07, 6.45) is 2.40. The molecule has 0 aromatic heterocycles. The molecule has 146 valence electrons. The normalized spacial score (nSPS) is 18.8. The highest BCUT2D eigenvalue weighted by molar-refractivity contribution is 6.31. The highest BCUT2D eigenvalue weighted by Crippen LogP contribution is 2.34. The van der Waals surface area contributed by atoms with Gasteiger partial charge in [0, 0.05) is 37.1 Å². The van der Waals surface area contributed by atoms with Crippen LogP contribution in [-0.4, -0.2) is 44.0 Å². The molecule has 0 aliphatic carbocycles. The Kier molecular flexibility index (Phi) is 5.00. The van der Waals surface area contributed by atoms with Gasteiger partial charge in [0.1, 0.15) is 11.6 Å². The topological polar surface area (TPSA) is 47.6 Å². The second-order valence-electron chi connectivity index (χ2n) is 7.13. The fourth-order valence-electron chi connectivity index (χ4n) is 3.64. The third-order valence-electron chi connectivity index (χ3n) is 5.17. The molecule has 0 unspecified atom stereocenters. The molecule has 4 rings (SSSR count). The minimum absolute atomic E-state index is 0.188. The van der Waals surface area contributed by atoms with Crippen molar-refractivity contribution in [2.75, 3.05) is 48.8 Å². The smallest absolute Gasteiger partial charge is 0.257 e. The van der Waals surface area contributed by atoms with E-state index in [9.17, 15) is 13.6 Å². The van der Waals surface area contributed by atoms with Crippen LogP contribution in [0, 0.1) is 11.6 Å². The zero-order chi connectivity index (χ0) is 19.7. The van der Waals surface area contributed by atoms with Crippen molar-refractivity contribution in [3.05, 3.63) is 59.8 Å². The van der Waals surface area contributed by atoms with Crippen LogP contribution in [0.5, 0.6) is 0 Å². The van der Waals surface area contributed by atoms with E-state index in [1.807, 2.05) is 0 Å². The molecule has 0 saturated carbocycles. The van der Waals surface area contributed by atoms with Crippen molar-refractivity contribution in [3.63, 3.8) is 0 Å². The van der Waals surface area contributed by atoms with Crippen LogP contribution in [0.4, 0.5) is 25.8 Å². The molecule has 0 atom stereocenters. The van der Waals surface area contributed by atoms with Crippen molar-refractivity contribution in [1.82, 2.24) is 4.90 Å². The van der Waals surface area contributed by atoms with Crippen LogP contribution in [0.3, 0.4) is 0 Å². The van der Waals surface area contributed by atoms with Gasteiger partial charge in [-0.25, -0.2) is 8.78 Å². The van der Waals surface area contributed by atoms with Crippen LogP contribution in [0.15, 0.2) is 42.6 Å². The Bertz CT molecular complexity index is 944. The summed E-state index contributed by atoms with van der Waals surface area (Å²) in [6.45, 7) is 3.49. The molecule has 2 N–H and O–H groups in total. The number of halogens is 2. The van der Waals surface area contributed by atoms with E-state index in [4.69, 9.17) is 0 Å². The summed E-state index contributed by atoms with van der Waals surface area (Å²) in [5.41, 5.74) is 1.92. The number of benzene rings is 2. The largest absolute Gasteiger partial charge is 0.368 e. The lowest BCUT2D eigenvalue weighted by Crippen LogP contribution is -2.29. The van der Waals surface area contributed by atoms with Gasteiger partial charge >= 0.3 is 0 Å². The van der Waals surface area contributed by atoms with Crippen molar-refractivity contribution < 1.29 is 13.6 Å². The predicted molar refractivity (Wildman–Crippen MR) is 107 cm³/mol. The predicted octanol–water partition coefficient (Wildman–Crippen LogP) is 3.51. The summed E-state index contributed by atoms with van der Waals surface area (Å²) in [6, 6.07) is 9.39. The van der Waals surface area contributed by atoms with Crippen molar-refractivity contribution >= 4 is 28.5 Å². The first-order chi connectivity index (χ1) is 13.5. The lowest BCUT2D eigenvalue weighted by Gasteiger charge is -2.23. The molecule has 1 fully saturated rings. The molecule has 2 aromatic carbocycles. The number of nitrogens with zero attached hydrogens (tertiary/aromatic N) is 2. The quantitative estimate of drug-likeness (QED) is 0.795. The number of nitrogens with one attached hydrogen (secondary N) is 2. The standard InChI is InChI=1S/C21H22F2N4O/c1-26-8-3-9-27(11-10-26)19-7-6-14(12-17(19)23)24-13-15-20-16(22)4-2-5-18(20)25-21(15)28/h2,4-7,12-13,24H,3,8-11H2,1H3,(H,25,28). The van der Waals surface area contributed by atoms with Gasteiger partial charge < -0.3 is 20.4 Å². The Hall–Kier alpha value is -2.93.